The Kier molecular flexibility index (Phi) is 25.0. The molecule has 127 heavy (non-hydrogen) atoms. The number of rotatable bonds is 12. The third-order valence-electron chi connectivity index (χ3n) is 24.0. The second kappa shape index (κ2) is 38.7. The van der Waals surface area contributed by atoms with E-state index in [1.54, 1.807) is 0 Å². The topological polar surface area (TPSA) is 0 Å². The van der Waals surface area contributed by atoms with Crippen molar-refractivity contribution in [2.24, 2.45) is 0 Å². The molecule has 0 amide bonds. The van der Waals surface area contributed by atoms with E-state index in [9.17, 15) is 0 Å². The average Bonchev–Trinajstić information content (AvgIpc) is 0.789. The van der Waals surface area contributed by atoms with Gasteiger partial charge in [-0.1, -0.05) is 471 Å². The van der Waals surface area contributed by atoms with Gasteiger partial charge in [-0.25, -0.2) is 0 Å². The van der Waals surface area contributed by atoms with Gasteiger partial charge in [0.2, 0.25) is 0 Å². The maximum absolute atomic E-state index is 2.30. The third kappa shape index (κ3) is 20.3. The van der Waals surface area contributed by atoms with Gasteiger partial charge in [0.15, 0.2) is 0 Å². The van der Waals surface area contributed by atoms with Crippen molar-refractivity contribution in [3.05, 3.63) is 531 Å². The summed E-state index contributed by atoms with van der Waals surface area (Å²) in [5.74, 6) is 0. The predicted molar refractivity (Wildman–Crippen MR) is 549 cm³/mol. The molecule has 0 atom stereocenters. The highest BCUT2D eigenvalue weighted by Crippen LogP contribution is 2.38. The molecule has 0 bridgehead atoms. The monoisotopic (exact) mass is 1620 g/mol. The Labute approximate surface area is 748 Å². The van der Waals surface area contributed by atoms with Crippen LogP contribution < -0.4 is 0 Å². The van der Waals surface area contributed by atoms with Crippen LogP contribution >= 0.6 is 0 Å². The summed E-state index contributed by atoms with van der Waals surface area (Å²) in [6.45, 7) is 10.7. The number of benzene rings is 22. The highest BCUT2D eigenvalue weighted by atomic mass is 14.2. The van der Waals surface area contributed by atoms with Crippen LogP contribution in [0.5, 0.6) is 0 Å². The van der Waals surface area contributed by atoms with Crippen molar-refractivity contribution in [3.8, 4) is 134 Å². The molecule has 0 spiro atoms. The minimum atomic E-state index is 1.24. The highest BCUT2D eigenvalue weighted by molar-refractivity contribution is 5.96. The molecule has 22 rings (SSSR count). The van der Waals surface area contributed by atoms with E-state index in [0.29, 0.717) is 0 Å². The van der Waals surface area contributed by atoms with Gasteiger partial charge >= 0.3 is 0 Å². The van der Waals surface area contributed by atoms with Gasteiger partial charge in [-0.05, 0) is 283 Å². The molecule has 0 aliphatic carbocycles. The van der Waals surface area contributed by atoms with E-state index in [0.717, 1.165) is 0 Å². The lowest BCUT2D eigenvalue weighted by Gasteiger charge is -2.09. The first-order chi connectivity index (χ1) is 62.4. The number of hydrogen-bond donors (Lipinski definition) is 0. The van der Waals surface area contributed by atoms with Crippen molar-refractivity contribution in [2.45, 2.75) is 34.6 Å². The SMILES string of the molecule is Cc1ccc(-c2ccc(-c3cccc(-c4ccccc4)c3)cc2)cc1.Cc1ccc2cc(-c3ccc4cc(-c5ccc6ccccc6c5)ccc4c3)ccc2c1.Cc1ccc2cc(-c3ccc4ccccc4c3)ccc2c1.Cc1cccc(-c2ccc(-c3cccc(-c4ccccc4)c3)cc2)c1.Cc1cccc(-c2cccc(-c3cccc(-c4ccccc4)c3)c2)c1. The molecule has 0 nitrogen and oxygen atoms in total. The molecule has 0 aliphatic rings. The lowest BCUT2D eigenvalue weighted by atomic mass is 9.95. The Morgan fingerprint density at radius 2 is 0.228 bits per heavy atom. The normalized spacial score (nSPS) is 10.9. The molecule has 0 aromatic heterocycles. The molecule has 0 N–H and O–H groups in total. The fourth-order valence-corrected chi connectivity index (χ4v) is 16.9. The largest absolute Gasteiger partial charge is 0.0622 e. The van der Waals surface area contributed by atoms with Crippen molar-refractivity contribution < 1.29 is 0 Å². The molecule has 0 unspecified atom stereocenters. The van der Waals surface area contributed by atoms with Gasteiger partial charge in [0.05, 0.1) is 0 Å². The fourth-order valence-electron chi connectivity index (χ4n) is 16.9. The summed E-state index contributed by atoms with van der Waals surface area (Å²) < 4.78 is 0. The van der Waals surface area contributed by atoms with Gasteiger partial charge in [0, 0.05) is 0 Å². The predicted octanol–water partition coefficient (Wildman–Crippen LogP) is 35.7. The summed E-state index contributed by atoms with van der Waals surface area (Å²) in [6.07, 6.45) is 0. The van der Waals surface area contributed by atoms with Gasteiger partial charge < -0.3 is 0 Å². The first kappa shape index (κ1) is 82.1. The van der Waals surface area contributed by atoms with Crippen molar-refractivity contribution in [3.63, 3.8) is 0 Å². The maximum atomic E-state index is 2.30. The molecule has 0 radical (unpaired) electrons. The summed E-state index contributed by atoms with van der Waals surface area (Å²) >= 11 is 0. The molecule has 0 saturated heterocycles. The molecule has 22 aromatic carbocycles. The molecular weight excluding hydrogens is 1530 g/mol. The molecule has 606 valence electrons. The van der Waals surface area contributed by atoms with Crippen LogP contribution in [0.3, 0.4) is 0 Å². The van der Waals surface area contributed by atoms with E-state index in [1.165, 1.54) is 215 Å². The zero-order chi connectivity index (χ0) is 86.2. The molecular formula is C127H98. The van der Waals surface area contributed by atoms with Crippen molar-refractivity contribution >= 4 is 53.9 Å². The van der Waals surface area contributed by atoms with Crippen molar-refractivity contribution in [2.75, 3.05) is 0 Å². The minimum Gasteiger partial charge on any atom is -0.0622 e. The van der Waals surface area contributed by atoms with E-state index < -0.39 is 0 Å². The highest BCUT2D eigenvalue weighted by Gasteiger charge is 2.12. The summed E-state index contributed by atoms with van der Waals surface area (Å²) in [6, 6.07) is 181. The number of fused-ring (bicyclic) bond motifs is 5. The van der Waals surface area contributed by atoms with E-state index in [-0.39, 0.29) is 0 Å². The van der Waals surface area contributed by atoms with Crippen LogP contribution in [0.2, 0.25) is 0 Å². The lowest BCUT2D eigenvalue weighted by molar-refractivity contribution is 1.47. The number of aryl methyl sites for hydroxylation is 5. The van der Waals surface area contributed by atoms with Crippen LogP contribution in [0.25, 0.3) is 187 Å². The molecule has 0 aliphatic heterocycles. The molecule has 0 heteroatoms. The molecule has 22 aromatic rings. The summed E-state index contributed by atoms with van der Waals surface area (Å²) in [7, 11) is 0. The first-order valence-corrected chi connectivity index (χ1v) is 43.9. The second-order valence-electron chi connectivity index (χ2n) is 33.2. The van der Waals surface area contributed by atoms with Crippen LogP contribution in [-0.4, -0.2) is 0 Å². The Bertz CT molecular complexity index is 7570. The fraction of sp³-hybridized carbons (Fsp3) is 0.0394. The van der Waals surface area contributed by atoms with E-state index >= 15 is 0 Å². The van der Waals surface area contributed by atoms with Gasteiger partial charge in [0.25, 0.3) is 0 Å². The third-order valence-corrected chi connectivity index (χ3v) is 24.0. The Morgan fingerprint density at radius 3 is 0.512 bits per heavy atom. The van der Waals surface area contributed by atoms with Gasteiger partial charge in [0.1, 0.15) is 0 Å². The van der Waals surface area contributed by atoms with E-state index in [1.807, 2.05) is 0 Å². The zero-order valence-corrected chi connectivity index (χ0v) is 72.4. The summed E-state index contributed by atoms with van der Waals surface area (Å²) in [5.41, 5.74) is 36.6. The molecule has 0 saturated carbocycles. The zero-order valence-electron chi connectivity index (χ0n) is 72.4. The Balaban J connectivity index is 0.000000108. The van der Waals surface area contributed by atoms with E-state index in [2.05, 4.69) is 538 Å². The maximum Gasteiger partial charge on any atom is -0.0177 e. The Morgan fingerprint density at radius 1 is 0.0787 bits per heavy atom. The average molecular weight is 1620 g/mol. The van der Waals surface area contributed by atoms with Crippen molar-refractivity contribution in [1.29, 1.82) is 0 Å². The van der Waals surface area contributed by atoms with Crippen LogP contribution in [0.15, 0.2) is 504 Å². The van der Waals surface area contributed by atoms with Gasteiger partial charge in [-0.2, -0.15) is 0 Å². The van der Waals surface area contributed by atoms with Crippen LogP contribution in [0.1, 0.15) is 27.8 Å². The molecule has 0 heterocycles. The van der Waals surface area contributed by atoms with Crippen molar-refractivity contribution in [1.82, 2.24) is 0 Å². The standard InChI is InChI=1S/C31H22.3C25H20.C21H16/c1-21-6-7-25-18-27(11-10-24(25)16-21)29-14-15-30-19-28(12-13-31(30)20-29)26-9-8-22-4-2-3-5-23(22)17-26;1-19-8-5-11-21(16-19)23-13-7-15-25(18-23)24-14-6-12-22(17-24)20-9-3-2-4-10-20;1-19-7-5-10-23(17-19)21-13-15-22(16-14-21)25-12-6-11-24(18-25)20-8-3-2-4-9-20;1-19-10-12-21(13-11-19)22-14-16-23(17-15-22)25-9-5-8-24(18-25)20-6-3-2-4-7-20;1-15-6-7-19-14-21(11-10-18(19)12-15)20-9-8-16-4-2-3-5-17(16)13-20/h2-20H,1H3;3*2-18H,1H3;2-14H,1H3. The van der Waals surface area contributed by atoms with E-state index in [4.69, 9.17) is 0 Å². The van der Waals surface area contributed by atoms with Crippen LogP contribution in [0.4, 0.5) is 0 Å². The summed E-state index contributed by atoms with van der Waals surface area (Å²) in [4.78, 5) is 0. The first-order valence-electron chi connectivity index (χ1n) is 43.9. The van der Waals surface area contributed by atoms with Crippen LogP contribution in [0, 0.1) is 34.6 Å². The molecule has 0 fully saturated rings. The summed E-state index contributed by atoms with van der Waals surface area (Å²) in [5, 5.41) is 12.9. The quantitative estimate of drug-likeness (QED) is 0.114. The minimum absolute atomic E-state index is 1.24. The number of hydrogen-bond acceptors (Lipinski definition) is 0. The lowest BCUT2D eigenvalue weighted by Crippen LogP contribution is -1.84. The van der Waals surface area contributed by atoms with Gasteiger partial charge in [-0.3, -0.25) is 0 Å². The van der Waals surface area contributed by atoms with Crippen LogP contribution in [-0.2, 0) is 0 Å². The Hall–Kier alpha value is -15.9. The second-order valence-corrected chi connectivity index (χ2v) is 33.2. The smallest absolute Gasteiger partial charge is 0.0177 e. The van der Waals surface area contributed by atoms with Gasteiger partial charge in [-0.15, -0.1) is 0 Å².